The molecule has 1 aromatic rings. The number of carbonyl (C=O) groups is 2. The van der Waals surface area contributed by atoms with Gasteiger partial charge in [0.15, 0.2) is 0 Å². The molecule has 2 aliphatic rings. The zero-order valence-corrected chi connectivity index (χ0v) is 12.4. The molecule has 3 rings (SSSR count). The van der Waals surface area contributed by atoms with Crippen LogP contribution in [0.25, 0.3) is 0 Å². The van der Waals surface area contributed by atoms with Gasteiger partial charge in [0.05, 0.1) is 11.4 Å². The molecule has 0 aromatic heterocycles. The van der Waals surface area contributed by atoms with E-state index in [0.717, 1.165) is 24.9 Å². The molecular formula is C16H21N3O2. The Balaban J connectivity index is 1.76. The molecule has 1 unspecified atom stereocenters. The molecule has 21 heavy (non-hydrogen) atoms. The third kappa shape index (κ3) is 3.17. The Bertz CT molecular complexity index is 579. The van der Waals surface area contributed by atoms with Crippen LogP contribution in [0.4, 0.5) is 11.4 Å². The van der Waals surface area contributed by atoms with Gasteiger partial charge in [-0.25, -0.2) is 0 Å². The maximum Gasteiger partial charge on any atom is 0.251 e. The predicted octanol–water partition coefficient (Wildman–Crippen LogP) is 2.36. The first-order valence-electron chi connectivity index (χ1n) is 7.55. The zero-order valence-electron chi connectivity index (χ0n) is 12.4. The van der Waals surface area contributed by atoms with E-state index in [1.807, 2.05) is 6.07 Å². The van der Waals surface area contributed by atoms with E-state index in [4.69, 9.17) is 0 Å². The molecule has 0 radical (unpaired) electrons. The quantitative estimate of drug-likeness (QED) is 0.796. The lowest BCUT2D eigenvalue weighted by atomic mass is 10.00. The summed E-state index contributed by atoms with van der Waals surface area (Å²) >= 11 is 0. The molecule has 0 spiro atoms. The third-order valence-corrected chi connectivity index (χ3v) is 3.81. The summed E-state index contributed by atoms with van der Waals surface area (Å²) in [4.78, 5) is 24.1. The second-order valence-electron chi connectivity index (χ2n) is 6.32. The first-order chi connectivity index (χ1) is 10.0. The number of hydrogen-bond donors (Lipinski definition) is 3. The van der Waals surface area contributed by atoms with E-state index in [-0.39, 0.29) is 17.9 Å². The molecule has 3 N–H and O–H groups in total. The first-order valence-corrected chi connectivity index (χ1v) is 7.55. The molecule has 1 atom stereocenters. The van der Waals surface area contributed by atoms with Crippen LogP contribution in [0.5, 0.6) is 0 Å². The van der Waals surface area contributed by atoms with Crippen LogP contribution in [0.2, 0.25) is 0 Å². The summed E-state index contributed by atoms with van der Waals surface area (Å²) in [6.07, 6.45) is 2.91. The molecule has 1 aromatic carbocycles. The second kappa shape index (κ2) is 5.39. The zero-order chi connectivity index (χ0) is 15.0. The maximum absolute atomic E-state index is 12.1. The van der Waals surface area contributed by atoms with Gasteiger partial charge in [0.2, 0.25) is 5.91 Å². The fourth-order valence-electron chi connectivity index (χ4n) is 2.52. The van der Waals surface area contributed by atoms with Crippen LogP contribution in [0, 0.1) is 5.92 Å². The number of rotatable bonds is 4. The normalized spacial score (nSPS) is 20.5. The third-order valence-electron chi connectivity index (χ3n) is 3.81. The lowest BCUT2D eigenvalue weighted by Gasteiger charge is -2.28. The van der Waals surface area contributed by atoms with Crippen molar-refractivity contribution in [2.45, 2.75) is 45.2 Å². The summed E-state index contributed by atoms with van der Waals surface area (Å²) in [7, 11) is 0. The summed E-state index contributed by atoms with van der Waals surface area (Å²) < 4.78 is 0. The molecule has 1 aliphatic carbocycles. The van der Waals surface area contributed by atoms with E-state index < -0.39 is 0 Å². The molecule has 2 amide bonds. The van der Waals surface area contributed by atoms with E-state index in [9.17, 15) is 9.59 Å². The highest BCUT2D eigenvalue weighted by molar-refractivity contribution is 6.05. The fourth-order valence-corrected chi connectivity index (χ4v) is 2.52. The number of benzene rings is 1. The number of fused-ring (bicyclic) bond motifs is 1. The van der Waals surface area contributed by atoms with Gasteiger partial charge in [-0.15, -0.1) is 0 Å². The first kappa shape index (κ1) is 13.9. The molecule has 5 heteroatoms. The average molecular weight is 287 g/mol. The topological polar surface area (TPSA) is 70.2 Å². The van der Waals surface area contributed by atoms with Crippen molar-refractivity contribution in [1.82, 2.24) is 5.32 Å². The lowest BCUT2D eigenvalue weighted by Crippen LogP contribution is -2.39. The summed E-state index contributed by atoms with van der Waals surface area (Å²) in [5.41, 5.74) is 2.15. The highest BCUT2D eigenvalue weighted by Gasteiger charge is 2.27. The molecule has 0 saturated heterocycles. The van der Waals surface area contributed by atoms with Crippen LogP contribution in [-0.2, 0) is 4.79 Å². The number of nitrogens with one attached hydrogen (secondary N) is 3. The van der Waals surface area contributed by atoms with Crippen LogP contribution in [0.3, 0.4) is 0 Å². The highest BCUT2D eigenvalue weighted by atomic mass is 16.2. The van der Waals surface area contributed by atoms with E-state index in [1.54, 1.807) is 12.1 Å². The van der Waals surface area contributed by atoms with Gasteiger partial charge in [0.1, 0.15) is 6.04 Å². The number of anilines is 2. The number of carbonyl (C=O) groups excluding carboxylic acids is 2. The van der Waals surface area contributed by atoms with E-state index in [0.29, 0.717) is 23.2 Å². The minimum absolute atomic E-state index is 0.0315. The van der Waals surface area contributed by atoms with Gasteiger partial charge in [0.25, 0.3) is 5.91 Å². The van der Waals surface area contributed by atoms with Crippen LogP contribution in [0.1, 0.15) is 43.5 Å². The van der Waals surface area contributed by atoms with Crippen LogP contribution in [-0.4, -0.2) is 23.9 Å². The molecule has 1 fully saturated rings. The van der Waals surface area contributed by atoms with E-state index in [2.05, 4.69) is 29.8 Å². The van der Waals surface area contributed by atoms with Gasteiger partial charge >= 0.3 is 0 Å². The van der Waals surface area contributed by atoms with E-state index >= 15 is 0 Å². The molecular weight excluding hydrogens is 266 g/mol. The van der Waals surface area contributed by atoms with Crippen molar-refractivity contribution in [3.05, 3.63) is 23.8 Å². The van der Waals surface area contributed by atoms with Gasteiger partial charge < -0.3 is 16.0 Å². The maximum atomic E-state index is 12.1. The van der Waals surface area contributed by atoms with Crippen molar-refractivity contribution in [2.75, 3.05) is 10.6 Å². The summed E-state index contributed by atoms with van der Waals surface area (Å²) in [6, 6.07) is 5.53. The van der Waals surface area contributed by atoms with Gasteiger partial charge in [-0.05, 0) is 43.4 Å². The number of hydrogen-bond acceptors (Lipinski definition) is 3. The molecule has 1 aliphatic heterocycles. The largest absolute Gasteiger partial charge is 0.372 e. The van der Waals surface area contributed by atoms with Gasteiger partial charge in [-0.1, -0.05) is 13.8 Å². The Morgan fingerprint density at radius 2 is 2.10 bits per heavy atom. The summed E-state index contributed by atoms with van der Waals surface area (Å²) in [5, 5.41) is 9.10. The Hall–Kier alpha value is -2.04. The van der Waals surface area contributed by atoms with Crippen molar-refractivity contribution in [2.24, 2.45) is 5.92 Å². The van der Waals surface area contributed by atoms with Crippen LogP contribution >= 0.6 is 0 Å². The van der Waals surface area contributed by atoms with E-state index in [1.165, 1.54) is 0 Å². The minimum Gasteiger partial charge on any atom is -0.372 e. The van der Waals surface area contributed by atoms with Crippen LogP contribution < -0.4 is 16.0 Å². The van der Waals surface area contributed by atoms with Crippen LogP contribution in [0.15, 0.2) is 18.2 Å². The van der Waals surface area contributed by atoms with Crippen molar-refractivity contribution < 1.29 is 9.59 Å². The Morgan fingerprint density at radius 3 is 2.76 bits per heavy atom. The monoisotopic (exact) mass is 287 g/mol. The Morgan fingerprint density at radius 1 is 1.33 bits per heavy atom. The predicted molar refractivity (Wildman–Crippen MR) is 82.4 cm³/mol. The molecule has 112 valence electrons. The van der Waals surface area contributed by atoms with Crippen molar-refractivity contribution in [1.29, 1.82) is 0 Å². The molecule has 1 saturated carbocycles. The van der Waals surface area contributed by atoms with Gasteiger partial charge in [-0.3, -0.25) is 9.59 Å². The average Bonchev–Trinajstić information content (AvgIpc) is 3.22. The Labute approximate surface area is 124 Å². The standard InChI is InChI=1S/C16H21N3O2/c1-9(2)7-14-16(21)19-13-8-10(3-6-12(13)18-14)15(20)17-11-4-5-11/h3,6,8-9,11,14,18H,4-5,7H2,1-2H3,(H,17,20)(H,19,21). The lowest BCUT2D eigenvalue weighted by molar-refractivity contribution is -0.117. The van der Waals surface area contributed by atoms with Gasteiger partial charge in [-0.2, -0.15) is 0 Å². The Kier molecular flexibility index (Phi) is 3.57. The molecule has 5 nitrogen and oxygen atoms in total. The molecule has 1 heterocycles. The van der Waals surface area contributed by atoms with Crippen molar-refractivity contribution in [3.63, 3.8) is 0 Å². The van der Waals surface area contributed by atoms with Crippen molar-refractivity contribution >= 4 is 23.2 Å². The summed E-state index contributed by atoms with van der Waals surface area (Å²) in [5.74, 6) is 0.341. The van der Waals surface area contributed by atoms with Gasteiger partial charge in [0, 0.05) is 11.6 Å². The summed E-state index contributed by atoms with van der Waals surface area (Å²) in [6.45, 7) is 4.19. The molecule has 0 bridgehead atoms. The minimum atomic E-state index is -0.205. The van der Waals surface area contributed by atoms with Crippen molar-refractivity contribution in [3.8, 4) is 0 Å². The smallest absolute Gasteiger partial charge is 0.251 e. The second-order valence-corrected chi connectivity index (χ2v) is 6.32. The fraction of sp³-hybridized carbons (Fsp3) is 0.500. The SMILES string of the molecule is CC(C)CC1Nc2ccc(C(=O)NC3CC3)cc2NC1=O. The highest BCUT2D eigenvalue weighted by Crippen LogP contribution is 2.29. The number of amides is 2.